The number of anilines is 2. The van der Waals surface area contributed by atoms with E-state index >= 15 is 0 Å². The Balaban J connectivity index is 1.46. The van der Waals surface area contributed by atoms with Crippen LogP contribution in [0.5, 0.6) is 11.5 Å². The number of hydrogen-bond acceptors (Lipinski definition) is 7. The number of rotatable bonds is 10. The second-order valence-electron chi connectivity index (χ2n) is 8.59. The molecule has 0 fully saturated rings. The summed E-state index contributed by atoms with van der Waals surface area (Å²) in [6.07, 6.45) is -0.161. The number of aryl methyl sites for hydroxylation is 1. The summed E-state index contributed by atoms with van der Waals surface area (Å²) in [5.41, 5.74) is 0.946. The minimum Gasteiger partial charge on any atom is -0.456 e. The Morgan fingerprint density at radius 3 is 2.64 bits per heavy atom. The number of nitrogens with zero attached hydrogens (tertiary/aromatic N) is 3. The van der Waals surface area contributed by atoms with Crippen molar-refractivity contribution in [3.63, 3.8) is 0 Å². The summed E-state index contributed by atoms with van der Waals surface area (Å²) in [7, 11) is -3.17. The van der Waals surface area contributed by atoms with E-state index in [-0.39, 0.29) is 41.1 Å². The van der Waals surface area contributed by atoms with Gasteiger partial charge < -0.3 is 19.9 Å². The third-order valence-electron chi connectivity index (χ3n) is 5.51. The largest absolute Gasteiger partial charge is 0.456 e. The number of fused-ring (bicyclic) bond motifs is 1. The minimum atomic E-state index is -4.50. The lowest BCUT2D eigenvalue weighted by Crippen LogP contribution is -2.29. The van der Waals surface area contributed by atoms with Crippen LogP contribution in [0.25, 0.3) is 11.0 Å². The van der Waals surface area contributed by atoms with Crippen molar-refractivity contribution < 1.29 is 31.1 Å². The number of aromatic nitrogens is 3. The van der Waals surface area contributed by atoms with Gasteiger partial charge in [0.1, 0.15) is 33.2 Å². The first-order valence-corrected chi connectivity index (χ1v) is 14.0. The van der Waals surface area contributed by atoms with Gasteiger partial charge in [0, 0.05) is 37.7 Å². The Morgan fingerprint density at radius 1 is 1.13 bits per heavy atom. The van der Waals surface area contributed by atoms with Crippen LogP contribution in [0.15, 0.2) is 61.1 Å². The van der Waals surface area contributed by atoms with Crippen molar-refractivity contribution in [2.75, 3.05) is 23.9 Å². The van der Waals surface area contributed by atoms with E-state index in [9.17, 15) is 26.4 Å². The monoisotopic (exact) mass is 581 g/mol. The Kier molecular flexibility index (Phi) is 8.31. The molecule has 0 radical (unpaired) electrons. The smallest absolute Gasteiger partial charge is 0.416 e. The number of benzene rings is 2. The molecule has 206 valence electrons. The average molecular weight is 582 g/mol. The molecule has 0 aliphatic rings. The van der Waals surface area contributed by atoms with Crippen molar-refractivity contribution in [1.29, 1.82) is 0 Å². The zero-order chi connectivity index (χ0) is 28.2. The van der Waals surface area contributed by atoms with Gasteiger partial charge in [0.25, 0.3) is 0 Å². The van der Waals surface area contributed by atoms with Crippen molar-refractivity contribution in [1.82, 2.24) is 19.9 Å². The number of halogens is 4. The topological polar surface area (TPSA) is 115 Å². The van der Waals surface area contributed by atoms with Crippen LogP contribution in [0, 0.1) is 0 Å². The van der Waals surface area contributed by atoms with Crippen molar-refractivity contribution >= 4 is 49.9 Å². The SMILES string of the molecule is CS(=O)(=O)CCNC(=O)CCn1ccc2ncnc(Nc3ccc(Oc4cccc(C(F)(F)F)c4)c(Cl)c3)c21. The normalized spacial score (nSPS) is 11.9. The van der Waals surface area contributed by atoms with Gasteiger partial charge in [0.15, 0.2) is 5.82 Å². The zero-order valence-corrected chi connectivity index (χ0v) is 22.1. The number of alkyl halides is 3. The van der Waals surface area contributed by atoms with Crippen molar-refractivity contribution in [2.24, 2.45) is 0 Å². The second kappa shape index (κ2) is 11.5. The molecular formula is C25H23ClF3N5O4S. The summed E-state index contributed by atoms with van der Waals surface area (Å²) < 4.78 is 68.8. The van der Waals surface area contributed by atoms with Gasteiger partial charge >= 0.3 is 6.18 Å². The number of carbonyl (C=O) groups excluding carboxylic acids is 1. The maximum absolute atomic E-state index is 13.0. The molecule has 39 heavy (non-hydrogen) atoms. The molecule has 2 heterocycles. The lowest BCUT2D eigenvalue weighted by Gasteiger charge is -2.13. The van der Waals surface area contributed by atoms with Crippen LogP contribution in [0.2, 0.25) is 5.02 Å². The Labute approximate surface area is 226 Å². The van der Waals surface area contributed by atoms with Gasteiger partial charge in [-0.25, -0.2) is 18.4 Å². The van der Waals surface area contributed by atoms with Crippen LogP contribution < -0.4 is 15.4 Å². The van der Waals surface area contributed by atoms with E-state index in [0.717, 1.165) is 18.4 Å². The van der Waals surface area contributed by atoms with Crippen LogP contribution in [0.4, 0.5) is 24.7 Å². The lowest BCUT2D eigenvalue weighted by atomic mass is 10.2. The maximum Gasteiger partial charge on any atom is 0.416 e. The van der Waals surface area contributed by atoms with Gasteiger partial charge in [0.2, 0.25) is 5.91 Å². The molecule has 0 unspecified atom stereocenters. The Bertz CT molecular complexity index is 1610. The molecule has 4 rings (SSSR count). The van der Waals surface area contributed by atoms with E-state index in [4.69, 9.17) is 16.3 Å². The van der Waals surface area contributed by atoms with Crippen LogP contribution >= 0.6 is 11.6 Å². The first-order chi connectivity index (χ1) is 18.4. The fourth-order valence-electron chi connectivity index (χ4n) is 3.66. The number of nitrogens with one attached hydrogen (secondary N) is 2. The number of sulfone groups is 1. The first kappa shape index (κ1) is 28.2. The van der Waals surface area contributed by atoms with Gasteiger partial charge in [-0.3, -0.25) is 4.79 Å². The summed E-state index contributed by atoms with van der Waals surface area (Å²) in [6.45, 7) is 0.328. The highest BCUT2D eigenvalue weighted by Crippen LogP contribution is 2.36. The van der Waals surface area contributed by atoms with Crippen LogP contribution in [-0.4, -0.2) is 47.4 Å². The minimum absolute atomic E-state index is 0.0110. The summed E-state index contributed by atoms with van der Waals surface area (Å²) in [5.74, 6) is 0.155. The Hall–Kier alpha value is -3.84. The summed E-state index contributed by atoms with van der Waals surface area (Å²) >= 11 is 6.35. The molecule has 4 aromatic rings. The summed E-state index contributed by atoms with van der Waals surface area (Å²) in [4.78, 5) is 20.7. The van der Waals surface area contributed by atoms with Crippen LogP contribution in [0.3, 0.4) is 0 Å². The molecule has 0 aliphatic carbocycles. The molecule has 0 atom stereocenters. The van der Waals surface area contributed by atoms with Gasteiger partial charge in [0.05, 0.1) is 21.9 Å². The summed E-state index contributed by atoms with van der Waals surface area (Å²) in [6, 6.07) is 10.9. The molecule has 2 N–H and O–H groups in total. The molecular weight excluding hydrogens is 559 g/mol. The predicted octanol–water partition coefficient (Wildman–Crippen LogP) is 5.19. The molecule has 14 heteroatoms. The zero-order valence-electron chi connectivity index (χ0n) is 20.5. The van der Waals surface area contributed by atoms with Gasteiger partial charge in [-0.1, -0.05) is 17.7 Å². The molecule has 0 saturated heterocycles. The number of ether oxygens (including phenoxy) is 1. The first-order valence-electron chi connectivity index (χ1n) is 11.5. The highest BCUT2D eigenvalue weighted by molar-refractivity contribution is 7.90. The van der Waals surface area contributed by atoms with Crippen molar-refractivity contribution in [2.45, 2.75) is 19.1 Å². The fraction of sp³-hybridized carbons (Fsp3) is 0.240. The van der Waals surface area contributed by atoms with Crippen LogP contribution in [-0.2, 0) is 27.4 Å². The highest BCUT2D eigenvalue weighted by Gasteiger charge is 2.30. The number of carbonyl (C=O) groups is 1. The Morgan fingerprint density at radius 2 is 1.92 bits per heavy atom. The molecule has 0 spiro atoms. The van der Waals surface area contributed by atoms with E-state index in [1.807, 2.05) is 0 Å². The standard InChI is InChI=1S/C25H23ClF3N5O4S/c1-39(36,37)12-9-30-22(35)8-11-34-10-7-20-23(34)24(32-15-31-20)33-17-5-6-21(19(26)14-17)38-18-4-2-3-16(13-18)25(27,28)29/h2-7,10,13-15H,8-9,11-12H2,1H3,(H,30,35)(H,31,32,33). The quantitative estimate of drug-likeness (QED) is 0.265. The second-order valence-corrected chi connectivity index (χ2v) is 11.3. The fourth-order valence-corrected chi connectivity index (χ4v) is 4.35. The third-order valence-corrected chi connectivity index (χ3v) is 6.75. The lowest BCUT2D eigenvalue weighted by molar-refractivity contribution is -0.137. The maximum atomic E-state index is 13.0. The van der Waals surface area contributed by atoms with E-state index < -0.39 is 21.6 Å². The third kappa shape index (κ3) is 7.60. The average Bonchev–Trinajstić information content (AvgIpc) is 3.27. The van der Waals surface area contributed by atoms with E-state index in [0.29, 0.717) is 29.1 Å². The summed E-state index contributed by atoms with van der Waals surface area (Å²) in [5, 5.41) is 5.88. The predicted molar refractivity (Wildman–Crippen MR) is 141 cm³/mol. The van der Waals surface area contributed by atoms with E-state index in [1.165, 1.54) is 24.5 Å². The number of hydrogen-bond donors (Lipinski definition) is 2. The molecule has 2 aromatic carbocycles. The molecule has 0 aliphatic heterocycles. The van der Waals surface area contributed by atoms with Crippen molar-refractivity contribution in [3.05, 3.63) is 71.6 Å². The molecule has 0 bridgehead atoms. The van der Waals surface area contributed by atoms with E-state index in [1.54, 1.807) is 29.0 Å². The molecule has 1 amide bonds. The van der Waals surface area contributed by atoms with E-state index in [2.05, 4.69) is 20.6 Å². The van der Waals surface area contributed by atoms with Gasteiger partial charge in [-0.05, 0) is 42.5 Å². The van der Waals surface area contributed by atoms with Gasteiger partial charge in [-0.2, -0.15) is 13.2 Å². The molecule has 0 saturated carbocycles. The highest BCUT2D eigenvalue weighted by atomic mass is 35.5. The molecule has 2 aromatic heterocycles. The van der Waals surface area contributed by atoms with Crippen LogP contribution in [0.1, 0.15) is 12.0 Å². The molecule has 9 nitrogen and oxygen atoms in total. The van der Waals surface area contributed by atoms with Gasteiger partial charge in [-0.15, -0.1) is 0 Å². The number of amides is 1. The van der Waals surface area contributed by atoms with Crippen molar-refractivity contribution in [3.8, 4) is 11.5 Å².